The Balaban J connectivity index is 1.31. The van der Waals surface area contributed by atoms with Gasteiger partial charge in [0.2, 0.25) is 0 Å². The minimum atomic E-state index is -3.39. The normalized spacial score (nSPS) is 20.1. The van der Waals surface area contributed by atoms with E-state index < -0.39 is 36.1 Å². The molecule has 8 heteroatoms. The highest BCUT2D eigenvalue weighted by Crippen LogP contribution is 2.52. The number of hydrogen-bond acceptors (Lipinski definition) is 5. The van der Waals surface area contributed by atoms with Gasteiger partial charge in [-0.25, -0.2) is 8.78 Å². The van der Waals surface area contributed by atoms with Crippen molar-refractivity contribution in [2.75, 3.05) is 13.2 Å². The molecule has 300 valence electrons. The van der Waals surface area contributed by atoms with E-state index in [1.54, 1.807) is 18.2 Å². The quantitative estimate of drug-likeness (QED) is 0.0866. The van der Waals surface area contributed by atoms with E-state index >= 15 is 8.78 Å². The van der Waals surface area contributed by atoms with Crippen LogP contribution < -0.4 is 4.74 Å². The van der Waals surface area contributed by atoms with Crippen molar-refractivity contribution in [2.45, 2.75) is 69.9 Å². The van der Waals surface area contributed by atoms with Crippen LogP contribution >= 0.6 is 11.6 Å². The van der Waals surface area contributed by atoms with Gasteiger partial charge in [0.05, 0.1) is 63.7 Å². The Kier molecular flexibility index (Phi) is 14.4. The molecule has 0 radical (unpaired) electrons. The minimum Gasteiger partial charge on any atom is -0.494 e. The first-order chi connectivity index (χ1) is 28.4. The van der Waals surface area contributed by atoms with Gasteiger partial charge < -0.3 is 23.7 Å². The number of halogens is 3. The van der Waals surface area contributed by atoms with Crippen LogP contribution in [0.3, 0.4) is 0 Å². The summed E-state index contributed by atoms with van der Waals surface area (Å²) in [6, 6.07) is 51.4. The molecule has 7 rings (SSSR count). The fourth-order valence-corrected chi connectivity index (χ4v) is 7.86. The molecule has 0 heterocycles. The highest BCUT2D eigenvalue weighted by atomic mass is 35.5. The van der Waals surface area contributed by atoms with Crippen LogP contribution in [0, 0.1) is 5.92 Å². The minimum absolute atomic E-state index is 0.0937. The van der Waals surface area contributed by atoms with Crippen molar-refractivity contribution in [1.29, 1.82) is 0 Å². The molecule has 5 atom stereocenters. The number of hydrogen-bond donors (Lipinski definition) is 0. The Morgan fingerprint density at radius 2 is 1.02 bits per heavy atom. The maximum Gasteiger partial charge on any atom is 0.265 e. The smallest absolute Gasteiger partial charge is 0.265 e. The SMILES string of the molecule is CCOc1ccc(Cc2cc(C3[C@H](OCc4ccccc4)[C@@H](OCc4ccccc4)[C@H](OCc4ccccc4)[C@@H](COCc4ccccc4)C3(F)F)ccc2Cl)cc1. The van der Waals surface area contributed by atoms with Crippen LogP contribution in [0.5, 0.6) is 5.75 Å². The molecular weight excluding hydrogens is 754 g/mol. The Bertz CT molecular complexity index is 2120. The lowest BCUT2D eigenvalue weighted by Crippen LogP contribution is -2.63. The molecule has 0 aromatic heterocycles. The van der Waals surface area contributed by atoms with Gasteiger partial charge in [-0.05, 0) is 70.5 Å². The summed E-state index contributed by atoms with van der Waals surface area (Å²) in [4.78, 5) is 0. The molecule has 1 fully saturated rings. The van der Waals surface area contributed by atoms with Crippen molar-refractivity contribution in [2.24, 2.45) is 5.92 Å². The van der Waals surface area contributed by atoms with Gasteiger partial charge in [0.1, 0.15) is 11.9 Å². The molecule has 6 aromatic carbocycles. The summed E-state index contributed by atoms with van der Waals surface area (Å²) in [7, 11) is 0. The second-order valence-electron chi connectivity index (χ2n) is 14.6. The van der Waals surface area contributed by atoms with E-state index in [0.717, 1.165) is 39.1 Å². The summed E-state index contributed by atoms with van der Waals surface area (Å²) in [5.74, 6) is -5.49. The summed E-state index contributed by atoms with van der Waals surface area (Å²) >= 11 is 6.83. The molecule has 5 nitrogen and oxygen atoms in total. The van der Waals surface area contributed by atoms with Crippen LogP contribution in [0.1, 0.15) is 51.8 Å². The summed E-state index contributed by atoms with van der Waals surface area (Å²) in [6.07, 6.45) is -2.73. The van der Waals surface area contributed by atoms with Crippen molar-refractivity contribution in [3.63, 3.8) is 0 Å². The first-order valence-corrected chi connectivity index (χ1v) is 20.2. The molecule has 0 saturated heterocycles. The lowest BCUT2D eigenvalue weighted by Gasteiger charge is -2.50. The number of benzene rings is 6. The van der Waals surface area contributed by atoms with Crippen molar-refractivity contribution in [3.8, 4) is 5.75 Å². The molecule has 0 bridgehead atoms. The fraction of sp³-hybridized carbons (Fsp3) is 0.280. The molecule has 6 aromatic rings. The summed E-state index contributed by atoms with van der Waals surface area (Å²) < 4.78 is 68.2. The maximum absolute atomic E-state index is 18.1. The summed E-state index contributed by atoms with van der Waals surface area (Å²) in [5.41, 5.74) is 5.60. The van der Waals surface area contributed by atoms with E-state index in [4.69, 9.17) is 35.3 Å². The summed E-state index contributed by atoms with van der Waals surface area (Å²) in [6.45, 7) is 2.75. The van der Waals surface area contributed by atoms with Crippen molar-refractivity contribution in [3.05, 3.63) is 208 Å². The van der Waals surface area contributed by atoms with Crippen LogP contribution in [0.2, 0.25) is 5.02 Å². The largest absolute Gasteiger partial charge is 0.494 e. The number of rotatable bonds is 18. The van der Waals surface area contributed by atoms with Gasteiger partial charge in [-0.3, -0.25) is 0 Å². The van der Waals surface area contributed by atoms with Gasteiger partial charge in [0, 0.05) is 5.02 Å². The third kappa shape index (κ3) is 10.6. The third-order valence-corrected chi connectivity index (χ3v) is 11.0. The average Bonchev–Trinajstić information content (AvgIpc) is 3.25. The Labute approximate surface area is 345 Å². The highest BCUT2D eigenvalue weighted by molar-refractivity contribution is 6.31. The van der Waals surface area contributed by atoms with Gasteiger partial charge in [-0.1, -0.05) is 157 Å². The van der Waals surface area contributed by atoms with Gasteiger partial charge in [-0.15, -0.1) is 0 Å². The second kappa shape index (κ2) is 20.2. The van der Waals surface area contributed by atoms with Gasteiger partial charge in [0.25, 0.3) is 5.92 Å². The standard InChI is InChI=1S/C50H49ClF2O5/c1-2-55-43-26-23-36(24-27-43)29-42-30-41(25-28-45(42)51)46-48(57-33-39-19-11-5-12-20-39)49(58-34-40-21-13-6-14-22-40)47(56-32-38-17-9-4-10-18-38)44(50(46,52)53)35-54-31-37-15-7-3-8-16-37/h3-28,30,44,46-49H,2,29,31-35H2,1H3/t44-,46?,47-,48+,49+/m1/s1. The van der Waals surface area contributed by atoms with Crippen LogP contribution in [-0.4, -0.2) is 37.4 Å². The number of ether oxygens (including phenoxy) is 5. The average molecular weight is 803 g/mol. The number of alkyl halides is 2. The van der Waals surface area contributed by atoms with E-state index in [0.29, 0.717) is 23.6 Å². The van der Waals surface area contributed by atoms with Crippen LogP contribution in [0.4, 0.5) is 8.78 Å². The van der Waals surface area contributed by atoms with Crippen molar-refractivity contribution < 1.29 is 32.5 Å². The summed E-state index contributed by atoms with van der Waals surface area (Å²) in [5, 5.41) is 0.488. The van der Waals surface area contributed by atoms with E-state index in [-0.39, 0.29) is 33.0 Å². The van der Waals surface area contributed by atoms with E-state index in [1.807, 2.05) is 153 Å². The topological polar surface area (TPSA) is 46.2 Å². The van der Waals surface area contributed by atoms with Crippen molar-refractivity contribution in [1.82, 2.24) is 0 Å². The molecule has 1 aliphatic rings. The van der Waals surface area contributed by atoms with E-state index in [9.17, 15) is 0 Å². The zero-order valence-corrected chi connectivity index (χ0v) is 33.4. The molecule has 1 aliphatic carbocycles. The first-order valence-electron chi connectivity index (χ1n) is 19.8. The third-order valence-electron chi connectivity index (χ3n) is 10.6. The molecular formula is C50H49ClF2O5. The molecule has 1 unspecified atom stereocenters. The second-order valence-corrected chi connectivity index (χ2v) is 15.1. The van der Waals surface area contributed by atoms with Crippen molar-refractivity contribution >= 4 is 11.6 Å². The lowest BCUT2D eigenvalue weighted by molar-refractivity contribution is -0.271. The predicted molar refractivity (Wildman–Crippen MR) is 224 cm³/mol. The molecule has 0 aliphatic heterocycles. The predicted octanol–water partition coefficient (Wildman–Crippen LogP) is 11.7. The Morgan fingerprint density at radius 3 is 1.53 bits per heavy atom. The van der Waals surface area contributed by atoms with Gasteiger partial charge in [0.15, 0.2) is 0 Å². The maximum atomic E-state index is 18.1. The zero-order chi connectivity index (χ0) is 40.2. The van der Waals surface area contributed by atoms with E-state index in [1.165, 1.54) is 0 Å². The fourth-order valence-electron chi connectivity index (χ4n) is 7.68. The molecule has 0 spiro atoms. The lowest BCUT2D eigenvalue weighted by atomic mass is 9.69. The molecule has 0 amide bonds. The van der Waals surface area contributed by atoms with Gasteiger partial charge >= 0.3 is 0 Å². The van der Waals surface area contributed by atoms with Crippen LogP contribution in [-0.2, 0) is 51.8 Å². The van der Waals surface area contributed by atoms with Gasteiger partial charge in [-0.2, -0.15) is 0 Å². The Hall–Kier alpha value is -4.89. The van der Waals surface area contributed by atoms with Crippen LogP contribution in [0.15, 0.2) is 164 Å². The highest BCUT2D eigenvalue weighted by Gasteiger charge is 2.63. The Morgan fingerprint density at radius 1 is 0.534 bits per heavy atom. The van der Waals surface area contributed by atoms with E-state index in [2.05, 4.69) is 0 Å². The molecule has 1 saturated carbocycles. The molecule has 0 N–H and O–H groups in total. The molecule has 58 heavy (non-hydrogen) atoms. The zero-order valence-electron chi connectivity index (χ0n) is 32.6. The monoisotopic (exact) mass is 802 g/mol. The van der Waals surface area contributed by atoms with Crippen LogP contribution in [0.25, 0.3) is 0 Å². The first kappa shape index (κ1) is 41.3.